The molecule has 0 spiro atoms. The van der Waals surface area contributed by atoms with Crippen molar-refractivity contribution in [3.05, 3.63) is 121 Å². The van der Waals surface area contributed by atoms with Crippen LogP contribution in [-0.4, -0.2) is 29.9 Å². The third-order valence-corrected chi connectivity index (χ3v) is 7.38. The highest BCUT2D eigenvalue weighted by molar-refractivity contribution is 6.15. The molecule has 1 aliphatic heterocycles. The van der Waals surface area contributed by atoms with Crippen LogP contribution in [0.5, 0.6) is 0 Å². The summed E-state index contributed by atoms with van der Waals surface area (Å²) in [6, 6.07) is 33.3. The van der Waals surface area contributed by atoms with Crippen LogP contribution in [0.4, 0.5) is 0 Å². The monoisotopic (exact) mass is 490 g/mol. The highest BCUT2D eigenvalue weighted by atomic mass is 15.2. The van der Waals surface area contributed by atoms with Crippen LogP contribution in [0.25, 0.3) is 50.0 Å². The quantitative estimate of drug-likeness (QED) is 0.262. The molecule has 0 saturated carbocycles. The largest absolute Gasteiger partial charge is 0.293 e. The molecule has 6 heteroatoms. The predicted octanol–water partition coefficient (Wildman–Crippen LogP) is 7.02. The Morgan fingerprint density at radius 2 is 1.34 bits per heavy atom. The van der Waals surface area contributed by atoms with E-state index in [1.54, 1.807) is 0 Å². The van der Waals surface area contributed by atoms with Crippen molar-refractivity contribution in [3.63, 3.8) is 0 Å². The van der Waals surface area contributed by atoms with E-state index in [2.05, 4.69) is 81.9 Å². The number of allylic oxidation sites excluding steroid dienone is 1. The first kappa shape index (κ1) is 21.0. The number of nitrogens with zero attached hydrogens (tertiary/aromatic N) is 6. The zero-order valence-electron chi connectivity index (χ0n) is 20.4. The molecule has 0 saturated heterocycles. The molecule has 8 rings (SSSR count). The van der Waals surface area contributed by atoms with Gasteiger partial charge in [-0.15, -0.1) is 0 Å². The molecule has 0 radical (unpaired) electrons. The third kappa shape index (κ3) is 3.00. The maximum Gasteiger partial charge on any atom is 0.167 e. The first-order valence-electron chi connectivity index (χ1n) is 12.8. The number of para-hydroxylation sites is 2. The molecule has 1 unspecified atom stereocenters. The van der Waals surface area contributed by atoms with E-state index in [9.17, 15) is 0 Å². The topological polar surface area (TPSA) is 60.9 Å². The molecule has 7 aromatic rings. The van der Waals surface area contributed by atoms with E-state index in [4.69, 9.17) is 19.9 Å². The fourth-order valence-electron chi connectivity index (χ4n) is 5.70. The maximum absolute atomic E-state index is 5.33. The number of rotatable bonds is 2. The van der Waals surface area contributed by atoms with Gasteiger partial charge in [0.2, 0.25) is 0 Å². The van der Waals surface area contributed by atoms with E-state index < -0.39 is 0 Å². The zero-order chi connectivity index (χ0) is 25.1. The Balaban J connectivity index is 1.49. The predicted molar refractivity (Wildman–Crippen MR) is 153 cm³/mol. The number of aliphatic imine (C=N–C) groups is 1. The van der Waals surface area contributed by atoms with Crippen LogP contribution in [0.2, 0.25) is 0 Å². The molecular weight excluding hydrogens is 468 g/mol. The van der Waals surface area contributed by atoms with Gasteiger partial charge in [-0.1, -0.05) is 72.8 Å². The number of aromatic nitrogens is 5. The molecule has 1 aliphatic rings. The summed E-state index contributed by atoms with van der Waals surface area (Å²) < 4.78 is 4.36. The van der Waals surface area contributed by atoms with E-state index >= 15 is 0 Å². The first-order chi connectivity index (χ1) is 18.9. The van der Waals surface area contributed by atoms with Gasteiger partial charge in [-0.3, -0.25) is 14.1 Å². The number of benzene rings is 3. The number of pyridine rings is 1. The normalized spacial score (nSPS) is 15.6. The summed E-state index contributed by atoms with van der Waals surface area (Å²) >= 11 is 0. The molecule has 1 atom stereocenters. The Kier molecular flexibility index (Phi) is 4.54. The first-order valence-corrected chi connectivity index (χ1v) is 12.8. The van der Waals surface area contributed by atoms with Crippen LogP contribution in [-0.2, 0) is 0 Å². The van der Waals surface area contributed by atoms with Crippen LogP contribution in [0.3, 0.4) is 0 Å². The zero-order valence-corrected chi connectivity index (χ0v) is 20.4. The fraction of sp³-hybridized carbons (Fsp3) is 0.0625. The van der Waals surface area contributed by atoms with E-state index in [0.29, 0.717) is 0 Å². The molecule has 6 nitrogen and oxygen atoms in total. The van der Waals surface area contributed by atoms with Crippen LogP contribution >= 0.6 is 0 Å². The molecule has 4 aromatic heterocycles. The van der Waals surface area contributed by atoms with Crippen molar-refractivity contribution in [1.82, 2.24) is 24.1 Å². The molecule has 0 N–H and O–H groups in total. The second-order valence-corrected chi connectivity index (χ2v) is 9.53. The fourth-order valence-corrected chi connectivity index (χ4v) is 5.70. The Bertz CT molecular complexity index is 2050. The summed E-state index contributed by atoms with van der Waals surface area (Å²) in [5.74, 6) is 1.04. The Morgan fingerprint density at radius 1 is 0.632 bits per heavy atom. The van der Waals surface area contributed by atoms with Gasteiger partial charge in [0, 0.05) is 29.4 Å². The van der Waals surface area contributed by atoms with Crippen molar-refractivity contribution in [2.45, 2.75) is 12.3 Å². The summed E-state index contributed by atoms with van der Waals surface area (Å²) in [4.78, 5) is 20.3. The molecule has 180 valence electrons. The van der Waals surface area contributed by atoms with Crippen molar-refractivity contribution in [3.8, 4) is 5.69 Å². The van der Waals surface area contributed by atoms with Crippen molar-refractivity contribution >= 4 is 50.1 Å². The van der Waals surface area contributed by atoms with Crippen molar-refractivity contribution in [1.29, 1.82) is 0 Å². The van der Waals surface area contributed by atoms with Gasteiger partial charge in [0.1, 0.15) is 22.4 Å². The Hall–Kier alpha value is -5.10. The van der Waals surface area contributed by atoms with Gasteiger partial charge in [-0.2, -0.15) is 0 Å². The molecule has 0 bridgehead atoms. The van der Waals surface area contributed by atoms with Gasteiger partial charge in [-0.25, -0.2) is 15.0 Å². The molecule has 0 fully saturated rings. The average Bonchev–Trinajstić information content (AvgIpc) is 3.49. The van der Waals surface area contributed by atoms with Crippen LogP contribution < -0.4 is 0 Å². The molecule has 0 aliphatic carbocycles. The average molecular weight is 491 g/mol. The lowest BCUT2D eigenvalue weighted by molar-refractivity contribution is 0.854. The molecular formula is C32H22N6. The summed E-state index contributed by atoms with van der Waals surface area (Å²) in [6.45, 7) is 0. The summed E-state index contributed by atoms with van der Waals surface area (Å²) in [6.07, 6.45) is 6.72. The lowest BCUT2D eigenvalue weighted by atomic mass is 9.93. The highest BCUT2D eigenvalue weighted by Gasteiger charge is 2.27. The lowest BCUT2D eigenvalue weighted by Gasteiger charge is -2.22. The second-order valence-electron chi connectivity index (χ2n) is 9.53. The van der Waals surface area contributed by atoms with Crippen molar-refractivity contribution < 1.29 is 0 Å². The van der Waals surface area contributed by atoms with Gasteiger partial charge in [0.15, 0.2) is 11.3 Å². The van der Waals surface area contributed by atoms with E-state index in [0.717, 1.165) is 62.2 Å². The number of fused-ring (bicyclic) bond motifs is 6. The van der Waals surface area contributed by atoms with Crippen molar-refractivity contribution in [2.24, 2.45) is 4.99 Å². The summed E-state index contributed by atoms with van der Waals surface area (Å²) in [5.41, 5.74) is 8.37. The maximum atomic E-state index is 5.33. The standard InChI is InChI=1S/C32H22N6/c1-3-11-21(12-4-1)23-16-9-20-34-30(23)38-26-18-10-19-33-28(26)29-32(38)35-27-24-15-7-8-17-25(24)37(31(27)36-29)22-13-5-2-6-14-22/h1-15,17-20,23H,16H2. The summed E-state index contributed by atoms with van der Waals surface area (Å²) in [7, 11) is 0. The van der Waals surface area contributed by atoms with Crippen LogP contribution in [0, 0.1) is 0 Å². The van der Waals surface area contributed by atoms with E-state index in [1.807, 2.05) is 42.7 Å². The van der Waals surface area contributed by atoms with Crippen LogP contribution in [0.1, 0.15) is 17.9 Å². The van der Waals surface area contributed by atoms with Gasteiger partial charge >= 0.3 is 0 Å². The van der Waals surface area contributed by atoms with Crippen molar-refractivity contribution in [2.75, 3.05) is 0 Å². The third-order valence-electron chi connectivity index (χ3n) is 7.38. The SMILES string of the molecule is C1=CN=C(n2c3cccnc3c3nc4c(nc32)c2ccccc2n4-c2ccccc2)C(c2ccccc2)C1. The smallest absolute Gasteiger partial charge is 0.167 e. The van der Waals surface area contributed by atoms with Gasteiger partial charge in [0.05, 0.1) is 11.0 Å². The highest BCUT2D eigenvalue weighted by Crippen LogP contribution is 2.36. The van der Waals surface area contributed by atoms with E-state index in [-0.39, 0.29) is 5.92 Å². The minimum Gasteiger partial charge on any atom is -0.293 e. The Morgan fingerprint density at radius 3 is 2.21 bits per heavy atom. The van der Waals surface area contributed by atoms with Gasteiger partial charge in [-0.05, 0) is 42.3 Å². The summed E-state index contributed by atoms with van der Waals surface area (Å²) in [5, 5.41) is 1.07. The second kappa shape index (κ2) is 8.21. The van der Waals surface area contributed by atoms with Gasteiger partial charge in [0.25, 0.3) is 0 Å². The minimum atomic E-state index is 0.100. The molecule has 3 aromatic carbocycles. The molecule has 0 amide bonds. The minimum absolute atomic E-state index is 0.100. The number of hydrogen-bond donors (Lipinski definition) is 0. The van der Waals surface area contributed by atoms with Crippen LogP contribution in [0.15, 0.2) is 121 Å². The van der Waals surface area contributed by atoms with Gasteiger partial charge < -0.3 is 0 Å². The number of hydrogen-bond acceptors (Lipinski definition) is 4. The molecule has 5 heterocycles. The Labute approximate surface area is 218 Å². The van der Waals surface area contributed by atoms with E-state index in [1.165, 1.54) is 5.56 Å². The molecule has 38 heavy (non-hydrogen) atoms. The lowest BCUT2D eigenvalue weighted by Crippen LogP contribution is -2.22.